The fourth-order valence-corrected chi connectivity index (χ4v) is 2.82. The van der Waals surface area contributed by atoms with E-state index in [0.717, 1.165) is 44.0 Å². The van der Waals surface area contributed by atoms with Gasteiger partial charge in [0.1, 0.15) is 0 Å². The van der Waals surface area contributed by atoms with E-state index < -0.39 is 0 Å². The zero-order valence-corrected chi connectivity index (χ0v) is 13.8. The molecule has 0 aliphatic carbocycles. The van der Waals surface area contributed by atoms with Crippen LogP contribution in [-0.2, 0) is 6.54 Å². The third-order valence-corrected chi connectivity index (χ3v) is 4.04. The molecular weight excluding hydrogens is 310 g/mol. The molecular formula is C18H22ClN3O. The van der Waals surface area contributed by atoms with Crippen molar-refractivity contribution in [2.24, 2.45) is 0 Å². The Kier molecular flexibility index (Phi) is 6.02. The van der Waals surface area contributed by atoms with Crippen LogP contribution in [0.15, 0.2) is 54.6 Å². The van der Waals surface area contributed by atoms with Crippen molar-refractivity contribution in [1.82, 2.24) is 9.80 Å². The van der Waals surface area contributed by atoms with E-state index in [4.69, 9.17) is 5.73 Å². The van der Waals surface area contributed by atoms with Gasteiger partial charge in [-0.2, -0.15) is 0 Å². The first-order valence-electron chi connectivity index (χ1n) is 7.63. The maximum Gasteiger partial charge on any atom is 0.253 e. The van der Waals surface area contributed by atoms with Crippen LogP contribution in [0.3, 0.4) is 0 Å². The van der Waals surface area contributed by atoms with Gasteiger partial charge in [-0.1, -0.05) is 30.3 Å². The Morgan fingerprint density at radius 1 is 0.957 bits per heavy atom. The fourth-order valence-electron chi connectivity index (χ4n) is 2.82. The minimum Gasteiger partial charge on any atom is -0.399 e. The molecule has 0 atom stereocenters. The smallest absolute Gasteiger partial charge is 0.253 e. The summed E-state index contributed by atoms with van der Waals surface area (Å²) in [4.78, 5) is 16.7. The van der Waals surface area contributed by atoms with Gasteiger partial charge >= 0.3 is 0 Å². The molecule has 0 aromatic heterocycles. The third kappa shape index (κ3) is 4.47. The minimum atomic E-state index is 0. The maximum absolute atomic E-state index is 12.4. The second kappa shape index (κ2) is 7.99. The van der Waals surface area contributed by atoms with E-state index in [1.807, 2.05) is 53.4 Å². The Morgan fingerprint density at radius 3 is 2.30 bits per heavy atom. The van der Waals surface area contributed by atoms with Crippen molar-refractivity contribution in [1.29, 1.82) is 0 Å². The van der Waals surface area contributed by atoms with Crippen LogP contribution in [0.4, 0.5) is 5.69 Å². The summed E-state index contributed by atoms with van der Waals surface area (Å²) in [7, 11) is 0. The largest absolute Gasteiger partial charge is 0.399 e. The van der Waals surface area contributed by atoms with E-state index in [9.17, 15) is 4.79 Å². The zero-order valence-electron chi connectivity index (χ0n) is 13.0. The monoisotopic (exact) mass is 331 g/mol. The lowest BCUT2D eigenvalue weighted by molar-refractivity contribution is 0.0628. The molecule has 2 aromatic rings. The van der Waals surface area contributed by atoms with Gasteiger partial charge in [0.2, 0.25) is 0 Å². The number of piperazine rings is 1. The Morgan fingerprint density at radius 2 is 1.65 bits per heavy atom. The molecule has 1 fully saturated rings. The number of halogens is 1. The molecule has 0 bridgehead atoms. The number of benzene rings is 2. The van der Waals surface area contributed by atoms with Gasteiger partial charge in [-0.3, -0.25) is 9.69 Å². The quantitative estimate of drug-likeness (QED) is 0.880. The van der Waals surface area contributed by atoms with Crippen LogP contribution in [0, 0.1) is 0 Å². The van der Waals surface area contributed by atoms with Gasteiger partial charge in [0.15, 0.2) is 0 Å². The highest BCUT2D eigenvalue weighted by atomic mass is 35.5. The Balaban J connectivity index is 0.00000192. The highest BCUT2D eigenvalue weighted by molar-refractivity contribution is 5.94. The lowest BCUT2D eigenvalue weighted by Crippen LogP contribution is -2.48. The lowest BCUT2D eigenvalue weighted by Gasteiger charge is -2.34. The number of carbonyl (C=O) groups excluding carboxylic acids is 1. The summed E-state index contributed by atoms with van der Waals surface area (Å²) in [5, 5.41) is 0. The summed E-state index contributed by atoms with van der Waals surface area (Å²) in [6, 6.07) is 17.5. The van der Waals surface area contributed by atoms with Gasteiger partial charge in [-0.15, -0.1) is 12.4 Å². The maximum atomic E-state index is 12.4. The minimum absolute atomic E-state index is 0. The van der Waals surface area contributed by atoms with Gasteiger partial charge < -0.3 is 10.6 Å². The van der Waals surface area contributed by atoms with Crippen molar-refractivity contribution in [3.05, 3.63) is 65.7 Å². The van der Waals surface area contributed by atoms with E-state index in [2.05, 4.69) is 11.0 Å². The van der Waals surface area contributed by atoms with Crippen LogP contribution in [0.25, 0.3) is 0 Å². The van der Waals surface area contributed by atoms with Crippen LogP contribution in [0.1, 0.15) is 15.9 Å². The Bertz CT molecular complexity index is 640. The summed E-state index contributed by atoms with van der Waals surface area (Å²) in [6.45, 7) is 4.23. The van der Waals surface area contributed by atoms with E-state index in [0.29, 0.717) is 0 Å². The van der Waals surface area contributed by atoms with Gasteiger partial charge in [0.25, 0.3) is 5.91 Å². The predicted molar refractivity (Wildman–Crippen MR) is 95.7 cm³/mol. The number of anilines is 1. The molecule has 0 saturated carbocycles. The van der Waals surface area contributed by atoms with Crippen molar-refractivity contribution in [3.63, 3.8) is 0 Å². The molecule has 23 heavy (non-hydrogen) atoms. The van der Waals surface area contributed by atoms with Gasteiger partial charge in [0, 0.05) is 44.0 Å². The van der Waals surface area contributed by atoms with E-state index in [-0.39, 0.29) is 18.3 Å². The van der Waals surface area contributed by atoms with Gasteiger partial charge in [0.05, 0.1) is 0 Å². The number of nitrogens with zero attached hydrogens (tertiary/aromatic N) is 2. The van der Waals surface area contributed by atoms with Gasteiger partial charge in [-0.05, 0) is 29.8 Å². The lowest BCUT2D eigenvalue weighted by atomic mass is 10.1. The molecule has 3 rings (SSSR count). The van der Waals surface area contributed by atoms with Crippen LogP contribution in [0.2, 0.25) is 0 Å². The molecule has 0 radical (unpaired) electrons. The SMILES string of the molecule is Cl.Nc1cccc(CN2CCN(C(=O)c3ccccc3)CC2)c1. The first-order chi connectivity index (χ1) is 10.7. The topological polar surface area (TPSA) is 49.6 Å². The molecule has 2 N–H and O–H groups in total. The van der Waals surface area contributed by atoms with Crippen LogP contribution in [0.5, 0.6) is 0 Å². The van der Waals surface area contributed by atoms with Crippen molar-refractivity contribution in [3.8, 4) is 0 Å². The number of rotatable bonds is 3. The van der Waals surface area contributed by atoms with Crippen molar-refractivity contribution < 1.29 is 4.79 Å². The molecule has 1 aliphatic rings. The number of hydrogen-bond donors (Lipinski definition) is 1. The molecule has 0 spiro atoms. The fraction of sp³-hybridized carbons (Fsp3) is 0.278. The van der Waals surface area contributed by atoms with Crippen LogP contribution in [-0.4, -0.2) is 41.9 Å². The molecule has 122 valence electrons. The summed E-state index contributed by atoms with van der Waals surface area (Å²) in [5.41, 5.74) is 8.61. The van der Waals surface area contributed by atoms with Crippen molar-refractivity contribution in [2.45, 2.75) is 6.54 Å². The summed E-state index contributed by atoms with van der Waals surface area (Å²) < 4.78 is 0. The van der Waals surface area contributed by atoms with Crippen molar-refractivity contribution in [2.75, 3.05) is 31.9 Å². The van der Waals surface area contributed by atoms with Crippen LogP contribution < -0.4 is 5.73 Å². The first kappa shape index (κ1) is 17.3. The zero-order chi connectivity index (χ0) is 15.4. The molecule has 1 heterocycles. The average molecular weight is 332 g/mol. The van der Waals surface area contributed by atoms with E-state index >= 15 is 0 Å². The van der Waals surface area contributed by atoms with E-state index in [1.165, 1.54) is 5.56 Å². The normalized spacial score (nSPS) is 15.0. The second-order valence-corrected chi connectivity index (χ2v) is 5.68. The Labute approximate surface area is 143 Å². The van der Waals surface area contributed by atoms with E-state index in [1.54, 1.807) is 0 Å². The molecule has 1 amide bonds. The molecule has 1 saturated heterocycles. The molecule has 0 unspecified atom stereocenters. The first-order valence-corrected chi connectivity index (χ1v) is 7.63. The van der Waals surface area contributed by atoms with Crippen molar-refractivity contribution >= 4 is 24.0 Å². The molecule has 4 nitrogen and oxygen atoms in total. The van der Waals surface area contributed by atoms with Gasteiger partial charge in [-0.25, -0.2) is 0 Å². The number of hydrogen-bond acceptors (Lipinski definition) is 3. The number of carbonyl (C=O) groups is 1. The molecule has 1 aliphatic heterocycles. The van der Waals surface area contributed by atoms with Crippen LogP contribution >= 0.6 is 12.4 Å². The molecule has 2 aromatic carbocycles. The Hall–Kier alpha value is -2.04. The second-order valence-electron chi connectivity index (χ2n) is 5.68. The highest BCUT2D eigenvalue weighted by Crippen LogP contribution is 2.13. The number of nitrogens with two attached hydrogens (primary N) is 1. The number of nitrogen functional groups attached to an aromatic ring is 1. The standard InChI is InChI=1S/C18H21N3O.ClH/c19-17-8-4-5-15(13-17)14-20-9-11-21(12-10-20)18(22)16-6-2-1-3-7-16;/h1-8,13H,9-12,14,19H2;1H. The summed E-state index contributed by atoms with van der Waals surface area (Å²) in [6.07, 6.45) is 0. The average Bonchev–Trinajstić information content (AvgIpc) is 2.56. The molecule has 5 heteroatoms. The highest BCUT2D eigenvalue weighted by Gasteiger charge is 2.21. The summed E-state index contributed by atoms with van der Waals surface area (Å²) >= 11 is 0. The number of amides is 1. The summed E-state index contributed by atoms with van der Waals surface area (Å²) in [5.74, 6) is 0.129. The predicted octanol–water partition coefficient (Wildman–Crippen LogP) is 2.65. The third-order valence-electron chi connectivity index (χ3n) is 4.04.